The van der Waals surface area contributed by atoms with Gasteiger partial charge in [0.2, 0.25) is 0 Å². The van der Waals surface area contributed by atoms with Gasteiger partial charge >= 0.3 is 0 Å². The molecule has 1 saturated heterocycles. The van der Waals surface area contributed by atoms with Gasteiger partial charge in [0.25, 0.3) is 10.2 Å². The first-order chi connectivity index (χ1) is 9.95. The van der Waals surface area contributed by atoms with Crippen molar-refractivity contribution in [1.82, 2.24) is 8.61 Å². The van der Waals surface area contributed by atoms with Crippen LogP contribution in [0.3, 0.4) is 0 Å². The zero-order valence-electron chi connectivity index (χ0n) is 12.0. The number of nitrogens with zero attached hydrogens (tertiary/aromatic N) is 2. The molecule has 1 aliphatic heterocycles. The minimum absolute atomic E-state index is 0.104. The van der Waals surface area contributed by atoms with E-state index in [9.17, 15) is 8.42 Å². The highest BCUT2D eigenvalue weighted by Gasteiger charge is 2.34. The Bertz CT molecular complexity index is 580. The van der Waals surface area contributed by atoms with E-state index in [0.29, 0.717) is 24.0 Å². The van der Waals surface area contributed by atoms with Crippen molar-refractivity contribution in [3.63, 3.8) is 0 Å². The SMILES string of the molecule is CN(Cc1cccc(Cl)c1)S(=O)(=O)N1CCCCC1CCl. The first-order valence-corrected chi connectivity index (χ1v) is 9.29. The Morgan fingerprint density at radius 1 is 1.38 bits per heavy atom. The van der Waals surface area contributed by atoms with E-state index in [0.717, 1.165) is 24.8 Å². The molecule has 0 amide bonds. The molecule has 0 bridgehead atoms. The molecule has 1 aromatic carbocycles. The van der Waals surface area contributed by atoms with Gasteiger partial charge in [-0.05, 0) is 30.5 Å². The lowest BCUT2D eigenvalue weighted by Crippen LogP contribution is -2.50. The predicted octanol–water partition coefficient (Wildman–Crippen LogP) is 3.11. The standard InChI is InChI=1S/C14H20Cl2N2O2S/c1-17(11-12-5-4-6-13(16)9-12)21(19,20)18-8-3-2-7-14(18)10-15/h4-6,9,14H,2-3,7-8,10-11H2,1H3. The lowest BCUT2D eigenvalue weighted by molar-refractivity contribution is 0.251. The van der Waals surface area contributed by atoms with Crippen molar-refractivity contribution < 1.29 is 8.42 Å². The van der Waals surface area contributed by atoms with E-state index in [2.05, 4.69) is 0 Å². The first-order valence-electron chi connectivity index (χ1n) is 6.98. The Hall–Kier alpha value is -0.330. The number of piperidine rings is 1. The molecule has 7 heteroatoms. The third-order valence-corrected chi connectivity index (χ3v) is 6.32. The van der Waals surface area contributed by atoms with Gasteiger partial charge in [-0.2, -0.15) is 17.0 Å². The van der Waals surface area contributed by atoms with Crippen LogP contribution in [0.2, 0.25) is 5.02 Å². The van der Waals surface area contributed by atoms with Crippen LogP contribution in [0.5, 0.6) is 0 Å². The van der Waals surface area contributed by atoms with Gasteiger partial charge in [0.05, 0.1) is 0 Å². The van der Waals surface area contributed by atoms with Gasteiger partial charge in [-0.3, -0.25) is 0 Å². The molecular weight excluding hydrogens is 331 g/mol. The summed E-state index contributed by atoms with van der Waals surface area (Å²) in [7, 11) is -1.90. The number of benzene rings is 1. The second kappa shape index (κ2) is 7.29. The molecule has 1 aromatic rings. The van der Waals surface area contributed by atoms with Gasteiger partial charge in [-0.15, -0.1) is 11.6 Å². The van der Waals surface area contributed by atoms with E-state index in [4.69, 9.17) is 23.2 Å². The van der Waals surface area contributed by atoms with Crippen molar-refractivity contribution in [3.05, 3.63) is 34.9 Å². The molecule has 0 radical (unpaired) electrons. The number of alkyl halides is 1. The average Bonchev–Trinajstić information content (AvgIpc) is 2.47. The molecule has 2 rings (SSSR count). The van der Waals surface area contributed by atoms with Crippen LogP contribution in [-0.4, -0.2) is 42.5 Å². The van der Waals surface area contributed by atoms with Crippen molar-refractivity contribution in [2.45, 2.75) is 31.8 Å². The maximum Gasteiger partial charge on any atom is 0.282 e. The first kappa shape index (κ1) is 17.0. The molecule has 118 valence electrons. The second-order valence-electron chi connectivity index (χ2n) is 5.31. The van der Waals surface area contributed by atoms with Crippen LogP contribution in [0.15, 0.2) is 24.3 Å². The molecule has 0 aromatic heterocycles. The van der Waals surface area contributed by atoms with E-state index >= 15 is 0 Å². The fraction of sp³-hybridized carbons (Fsp3) is 0.571. The highest BCUT2D eigenvalue weighted by molar-refractivity contribution is 7.86. The summed E-state index contributed by atoms with van der Waals surface area (Å²) in [5, 5.41) is 0.606. The summed E-state index contributed by atoms with van der Waals surface area (Å²) in [4.78, 5) is 0. The molecule has 0 saturated carbocycles. The van der Waals surface area contributed by atoms with Crippen molar-refractivity contribution in [1.29, 1.82) is 0 Å². The van der Waals surface area contributed by atoms with Crippen LogP contribution in [0.4, 0.5) is 0 Å². The minimum Gasteiger partial charge on any atom is -0.195 e. The summed E-state index contributed by atoms with van der Waals surface area (Å²) in [6.45, 7) is 0.841. The summed E-state index contributed by atoms with van der Waals surface area (Å²) >= 11 is 11.9. The Morgan fingerprint density at radius 2 is 2.14 bits per heavy atom. The zero-order chi connectivity index (χ0) is 15.5. The molecule has 1 atom stereocenters. The maximum absolute atomic E-state index is 12.7. The Morgan fingerprint density at radius 3 is 2.81 bits per heavy atom. The Kier molecular flexibility index (Phi) is 5.91. The van der Waals surface area contributed by atoms with Gasteiger partial charge < -0.3 is 0 Å². The predicted molar refractivity (Wildman–Crippen MR) is 86.9 cm³/mol. The fourth-order valence-electron chi connectivity index (χ4n) is 2.59. The Labute approximate surface area is 136 Å². The molecule has 21 heavy (non-hydrogen) atoms. The maximum atomic E-state index is 12.7. The quantitative estimate of drug-likeness (QED) is 0.765. The van der Waals surface area contributed by atoms with E-state index < -0.39 is 10.2 Å². The highest BCUT2D eigenvalue weighted by Crippen LogP contribution is 2.24. The lowest BCUT2D eigenvalue weighted by atomic mass is 10.1. The molecule has 0 spiro atoms. The second-order valence-corrected chi connectivity index (χ2v) is 8.04. The number of hydrogen-bond donors (Lipinski definition) is 0. The van der Waals surface area contributed by atoms with E-state index in [1.165, 1.54) is 8.61 Å². The van der Waals surface area contributed by atoms with Crippen molar-refractivity contribution in [3.8, 4) is 0 Å². The average molecular weight is 351 g/mol. The van der Waals surface area contributed by atoms with Crippen LogP contribution in [-0.2, 0) is 16.8 Å². The van der Waals surface area contributed by atoms with E-state index in [-0.39, 0.29) is 6.04 Å². The van der Waals surface area contributed by atoms with Gasteiger partial charge in [-0.25, -0.2) is 0 Å². The van der Waals surface area contributed by atoms with E-state index in [1.54, 1.807) is 19.2 Å². The Balaban J connectivity index is 2.14. The van der Waals surface area contributed by atoms with Gasteiger partial charge in [0.1, 0.15) is 0 Å². The van der Waals surface area contributed by atoms with Crippen molar-refractivity contribution in [2.24, 2.45) is 0 Å². The summed E-state index contributed by atoms with van der Waals surface area (Å²) in [5.74, 6) is 0.338. The summed E-state index contributed by atoms with van der Waals surface area (Å²) < 4.78 is 28.3. The molecule has 1 aliphatic rings. The number of hydrogen-bond acceptors (Lipinski definition) is 2. The van der Waals surface area contributed by atoms with Crippen LogP contribution in [0.1, 0.15) is 24.8 Å². The molecule has 1 unspecified atom stereocenters. The molecule has 4 nitrogen and oxygen atoms in total. The number of rotatable bonds is 5. The van der Waals surface area contributed by atoms with Crippen molar-refractivity contribution in [2.75, 3.05) is 19.5 Å². The fourth-order valence-corrected chi connectivity index (χ4v) is 4.79. The van der Waals surface area contributed by atoms with Crippen LogP contribution in [0.25, 0.3) is 0 Å². The molecule has 1 fully saturated rings. The highest BCUT2D eigenvalue weighted by atomic mass is 35.5. The lowest BCUT2D eigenvalue weighted by Gasteiger charge is -2.36. The number of halogens is 2. The molecule has 1 heterocycles. The van der Waals surface area contributed by atoms with Crippen LogP contribution in [0, 0.1) is 0 Å². The van der Waals surface area contributed by atoms with Crippen molar-refractivity contribution >= 4 is 33.4 Å². The molecule has 0 N–H and O–H groups in total. The minimum atomic E-state index is -3.50. The third-order valence-electron chi connectivity index (χ3n) is 3.74. The van der Waals surface area contributed by atoms with Gasteiger partial charge in [-0.1, -0.05) is 30.2 Å². The zero-order valence-corrected chi connectivity index (χ0v) is 14.3. The monoisotopic (exact) mass is 350 g/mol. The largest absolute Gasteiger partial charge is 0.282 e. The molecule has 0 aliphatic carbocycles. The normalized spacial score (nSPS) is 20.9. The molecular formula is C14H20Cl2N2O2S. The third kappa shape index (κ3) is 4.11. The van der Waals surface area contributed by atoms with Crippen LogP contribution < -0.4 is 0 Å². The summed E-state index contributed by atoms with van der Waals surface area (Å²) in [6.07, 6.45) is 2.74. The van der Waals surface area contributed by atoms with E-state index in [1.807, 2.05) is 12.1 Å². The summed E-state index contributed by atoms with van der Waals surface area (Å²) in [5.41, 5.74) is 0.869. The smallest absolute Gasteiger partial charge is 0.195 e. The topological polar surface area (TPSA) is 40.6 Å². The van der Waals surface area contributed by atoms with Gasteiger partial charge in [0, 0.05) is 37.1 Å². The summed E-state index contributed by atoms with van der Waals surface area (Å²) in [6, 6.07) is 7.14. The van der Waals surface area contributed by atoms with Gasteiger partial charge in [0.15, 0.2) is 0 Å². The van der Waals surface area contributed by atoms with Crippen LogP contribution >= 0.6 is 23.2 Å².